The number of benzene rings is 3. The van der Waals surface area contributed by atoms with Gasteiger partial charge in [0.2, 0.25) is 0 Å². The molecule has 1 unspecified atom stereocenters. The van der Waals surface area contributed by atoms with Gasteiger partial charge in [-0.2, -0.15) is 0 Å². The Labute approximate surface area is 196 Å². The number of sulfonamides is 1. The third kappa shape index (κ3) is 5.50. The van der Waals surface area contributed by atoms with Gasteiger partial charge < -0.3 is 14.2 Å². The van der Waals surface area contributed by atoms with Crippen LogP contribution in [-0.2, 0) is 14.6 Å². The van der Waals surface area contributed by atoms with Crippen LogP contribution in [0.15, 0.2) is 77.7 Å². The predicted molar refractivity (Wildman–Crippen MR) is 129 cm³/mol. The molecule has 0 aromatic heterocycles. The molecule has 1 amide bonds. The molecule has 6 nitrogen and oxygen atoms in total. The summed E-state index contributed by atoms with van der Waals surface area (Å²) >= 11 is 0. The molecule has 0 bridgehead atoms. The van der Waals surface area contributed by atoms with E-state index in [4.69, 9.17) is 4.74 Å². The summed E-state index contributed by atoms with van der Waals surface area (Å²) in [6.07, 6.45) is 1.16. The minimum absolute atomic E-state index is 0.0352. The number of likely N-dealkylation sites (tertiary alicyclic amines) is 1. The van der Waals surface area contributed by atoms with Crippen LogP contribution in [0.3, 0.4) is 0 Å². The zero-order valence-corrected chi connectivity index (χ0v) is 19.6. The van der Waals surface area contributed by atoms with E-state index in [1.807, 2.05) is 55.5 Å². The molecule has 33 heavy (non-hydrogen) atoms. The molecule has 1 heterocycles. The van der Waals surface area contributed by atoms with Crippen molar-refractivity contribution in [1.82, 2.24) is 9.62 Å². The number of rotatable bonds is 6. The zero-order chi connectivity index (χ0) is 23.4. The fourth-order valence-electron chi connectivity index (χ4n) is 4.00. The van der Waals surface area contributed by atoms with Crippen LogP contribution in [0.2, 0.25) is 0 Å². The van der Waals surface area contributed by atoms with Gasteiger partial charge in [-0.15, -0.1) is 4.72 Å². The fourth-order valence-corrected chi connectivity index (χ4v) is 5.30. The van der Waals surface area contributed by atoms with E-state index >= 15 is 0 Å². The van der Waals surface area contributed by atoms with Gasteiger partial charge in [0, 0.05) is 18.7 Å². The summed E-state index contributed by atoms with van der Waals surface area (Å²) in [5.41, 5.74) is 3.67. The van der Waals surface area contributed by atoms with E-state index in [2.05, 4.69) is 4.72 Å². The quantitative estimate of drug-likeness (QED) is 0.546. The molecule has 0 saturated carbocycles. The molecule has 1 saturated heterocycles. The van der Waals surface area contributed by atoms with Crippen LogP contribution in [0.4, 0.5) is 0 Å². The molecular formula is C26H28N2O4S. The molecule has 172 valence electrons. The summed E-state index contributed by atoms with van der Waals surface area (Å²) in [4.78, 5) is 15.0. The lowest BCUT2D eigenvalue weighted by Crippen LogP contribution is -2.48. The van der Waals surface area contributed by atoms with E-state index < -0.39 is 10.4 Å². The van der Waals surface area contributed by atoms with Gasteiger partial charge in [-0.05, 0) is 67.3 Å². The molecular weight excluding hydrogens is 436 g/mol. The lowest BCUT2D eigenvalue weighted by Gasteiger charge is -2.33. The van der Waals surface area contributed by atoms with Crippen molar-refractivity contribution in [3.05, 3.63) is 83.9 Å². The number of carbonyl (C=O) groups excluding carboxylic acids is 1. The molecule has 1 aliphatic heterocycles. The first-order chi connectivity index (χ1) is 15.9. The van der Waals surface area contributed by atoms with Gasteiger partial charge in [-0.1, -0.05) is 46.2 Å². The second-order valence-corrected chi connectivity index (χ2v) is 10.0. The number of nitrogens with zero attached hydrogens (tertiary/aromatic N) is 1. The smallest absolute Gasteiger partial charge is 0.253 e. The van der Waals surface area contributed by atoms with Gasteiger partial charge in [0.05, 0.1) is 13.2 Å². The highest BCUT2D eigenvalue weighted by atomic mass is 32.3. The second-order valence-electron chi connectivity index (χ2n) is 8.31. The number of hydrogen-bond donors (Lipinski definition) is 1. The summed E-state index contributed by atoms with van der Waals surface area (Å²) in [6.45, 7) is 2.94. The van der Waals surface area contributed by atoms with Crippen LogP contribution in [-0.4, -0.2) is 41.6 Å². The van der Waals surface area contributed by atoms with Crippen molar-refractivity contribution < 1.29 is 18.3 Å². The Morgan fingerprint density at radius 2 is 1.67 bits per heavy atom. The lowest BCUT2D eigenvalue weighted by molar-refractivity contribution is 0.0711. The average molecular weight is 465 g/mol. The summed E-state index contributed by atoms with van der Waals surface area (Å²) < 4.78 is 33.3. The van der Waals surface area contributed by atoms with Gasteiger partial charge in [-0.3, -0.25) is 4.79 Å². The van der Waals surface area contributed by atoms with E-state index in [0.717, 1.165) is 22.4 Å². The maximum absolute atomic E-state index is 13.0. The monoisotopic (exact) mass is 464 g/mol. The first kappa shape index (κ1) is 23.2. The third-order valence-corrected chi connectivity index (χ3v) is 7.51. The van der Waals surface area contributed by atoms with Crippen molar-refractivity contribution in [3.8, 4) is 16.9 Å². The number of ether oxygens (including phenoxy) is 1. The summed E-state index contributed by atoms with van der Waals surface area (Å²) in [6, 6.07) is 22.0. The van der Waals surface area contributed by atoms with E-state index in [1.54, 1.807) is 36.3 Å². The highest BCUT2D eigenvalue weighted by Gasteiger charge is 2.30. The molecule has 1 fully saturated rings. The van der Waals surface area contributed by atoms with Gasteiger partial charge in [0.25, 0.3) is 5.91 Å². The normalized spacial score (nSPS) is 16.3. The molecule has 1 aliphatic rings. The van der Waals surface area contributed by atoms with Crippen LogP contribution in [0.25, 0.3) is 11.1 Å². The second kappa shape index (κ2) is 9.87. The topological polar surface area (TPSA) is 81.7 Å². The highest BCUT2D eigenvalue weighted by molar-refractivity contribution is 7.95. The molecule has 1 atom stereocenters. The number of methoxy groups -OCH3 is 1. The number of aryl methyl sites for hydroxylation is 1. The zero-order valence-electron chi connectivity index (χ0n) is 18.8. The Kier molecular flexibility index (Phi) is 6.93. The van der Waals surface area contributed by atoms with Crippen molar-refractivity contribution in [1.29, 1.82) is 0 Å². The first-order valence-corrected chi connectivity index (χ1v) is 12.5. The molecule has 0 aliphatic carbocycles. The number of piperidine rings is 1. The maximum Gasteiger partial charge on any atom is 0.253 e. The Bertz CT molecular complexity index is 1150. The molecule has 3 aromatic carbocycles. The van der Waals surface area contributed by atoms with E-state index in [-0.39, 0.29) is 16.8 Å². The fraction of sp³-hybridized carbons (Fsp3) is 0.269. The van der Waals surface area contributed by atoms with Crippen molar-refractivity contribution in [2.45, 2.75) is 30.7 Å². The lowest BCUT2D eigenvalue weighted by atomic mass is 10.0. The van der Waals surface area contributed by atoms with Crippen LogP contribution < -0.4 is 9.46 Å². The maximum atomic E-state index is 13.0. The van der Waals surface area contributed by atoms with Gasteiger partial charge in [0.1, 0.15) is 5.75 Å². The molecule has 0 spiro atoms. The van der Waals surface area contributed by atoms with Crippen LogP contribution in [0.1, 0.15) is 28.8 Å². The molecule has 4 rings (SSSR count). The van der Waals surface area contributed by atoms with Crippen molar-refractivity contribution in [3.63, 3.8) is 0 Å². The SMILES string of the molecule is COc1cccc(-c2ccc(C(=O)N3CCC(N[S+](=O)([O-])c4ccc(C)cc4)CC3)cc2)c1. The van der Waals surface area contributed by atoms with Crippen molar-refractivity contribution in [2.24, 2.45) is 0 Å². The Morgan fingerprint density at radius 3 is 2.30 bits per heavy atom. The number of amides is 1. The van der Waals surface area contributed by atoms with E-state index in [9.17, 15) is 13.6 Å². The molecule has 7 heteroatoms. The van der Waals surface area contributed by atoms with Crippen molar-refractivity contribution >= 4 is 16.3 Å². The largest absolute Gasteiger partial charge is 0.593 e. The Hall–Kier alpha value is -3.00. The molecule has 1 N–H and O–H groups in total. The van der Waals surface area contributed by atoms with Gasteiger partial charge in [0.15, 0.2) is 15.3 Å². The highest BCUT2D eigenvalue weighted by Crippen LogP contribution is 2.25. The standard InChI is InChI=1S/C26H28N2O4S/c1-19-6-12-25(13-7-19)33(30,31)27-23-14-16-28(17-15-23)26(29)21-10-8-20(9-11-21)22-4-3-5-24(18-22)32-2/h3-13,18,23H,14-17H2,1-2H3,(H-,27,30,31). The Balaban J connectivity index is 1.35. The van der Waals surface area contributed by atoms with E-state index in [0.29, 0.717) is 31.5 Å². The molecule has 3 aromatic rings. The number of hydrogen-bond acceptors (Lipinski definition) is 4. The number of nitrogens with one attached hydrogen (secondary N) is 1. The Morgan fingerprint density at radius 1 is 1.00 bits per heavy atom. The summed E-state index contributed by atoms with van der Waals surface area (Å²) in [7, 11) is -1.93. The number of carbonyl (C=O) groups is 1. The minimum atomic E-state index is -3.57. The van der Waals surface area contributed by atoms with Crippen LogP contribution in [0.5, 0.6) is 5.75 Å². The van der Waals surface area contributed by atoms with Gasteiger partial charge >= 0.3 is 0 Å². The van der Waals surface area contributed by atoms with Gasteiger partial charge in [-0.25, -0.2) is 0 Å². The van der Waals surface area contributed by atoms with Crippen LogP contribution in [0, 0.1) is 6.92 Å². The third-order valence-electron chi connectivity index (χ3n) is 5.97. The van der Waals surface area contributed by atoms with E-state index in [1.165, 1.54) is 0 Å². The first-order valence-electron chi connectivity index (χ1n) is 11.0. The predicted octanol–water partition coefficient (Wildman–Crippen LogP) is 4.47. The molecule has 0 radical (unpaired) electrons. The summed E-state index contributed by atoms with van der Waals surface area (Å²) in [5, 5.41) is 0. The average Bonchev–Trinajstić information content (AvgIpc) is 2.84. The van der Waals surface area contributed by atoms with Crippen LogP contribution >= 0.6 is 0 Å². The summed E-state index contributed by atoms with van der Waals surface area (Å²) in [5.74, 6) is 0.751. The van der Waals surface area contributed by atoms with Crippen molar-refractivity contribution in [2.75, 3.05) is 20.2 Å². The minimum Gasteiger partial charge on any atom is -0.593 e.